The molecule has 1 N–H and O–H groups in total. The minimum Gasteiger partial charge on any atom is -0.350 e. The number of aryl methyl sites for hydroxylation is 1. The van der Waals surface area contributed by atoms with Gasteiger partial charge in [0.05, 0.1) is 9.88 Å². The standard InChI is InChI=1S/C28H30FN3O2S/c1-17-7-5-8-20(15-17)25-24(31-27(35-25)19-12-13-19)28(34)32-14-4-3-9-21(32)16-30-26(33)22-10-6-11-23(29)18(22)2/h5-8,10-11,15,19,21H,3-4,9,12-14,16H2,1-2H3,(H,30,33). The van der Waals surface area contributed by atoms with E-state index >= 15 is 0 Å². The molecule has 182 valence electrons. The van der Waals surface area contributed by atoms with E-state index in [9.17, 15) is 14.0 Å². The highest BCUT2D eigenvalue weighted by molar-refractivity contribution is 7.15. The van der Waals surface area contributed by atoms with Crippen molar-refractivity contribution in [1.82, 2.24) is 15.2 Å². The Bertz CT molecular complexity index is 1270. The second kappa shape index (κ2) is 9.90. The van der Waals surface area contributed by atoms with Crippen molar-refractivity contribution in [3.05, 3.63) is 75.7 Å². The molecule has 1 unspecified atom stereocenters. The summed E-state index contributed by atoms with van der Waals surface area (Å²) in [5.74, 6) is -0.308. The highest BCUT2D eigenvalue weighted by Gasteiger charge is 2.34. The second-order valence-electron chi connectivity index (χ2n) is 9.64. The number of likely N-dealkylation sites (tertiary alicyclic amines) is 1. The molecule has 1 aromatic heterocycles. The third kappa shape index (κ3) is 5.01. The first-order chi connectivity index (χ1) is 16.9. The molecular weight excluding hydrogens is 461 g/mol. The van der Waals surface area contributed by atoms with Crippen molar-refractivity contribution in [2.75, 3.05) is 13.1 Å². The minimum atomic E-state index is -0.397. The van der Waals surface area contributed by atoms with E-state index in [0.29, 0.717) is 35.8 Å². The number of nitrogens with one attached hydrogen (secondary N) is 1. The smallest absolute Gasteiger partial charge is 0.274 e. The molecule has 5 rings (SSSR count). The predicted octanol–water partition coefficient (Wildman–Crippen LogP) is 5.87. The number of carbonyl (C=O) groups is 2. The molecule has 1 aliphatic carbocycles. The number of benzene rings is 2. The monoisotopic (exact) mass is 491 g/mol. The molecule has 1 saturated heterocycles. The number of nitrogens with zero attached hydrogens (tertiary/aromatic N) is 2. The van der Waals surface area contributed by atoms with Crippen LogP contribution in [-0.4, -0.2) is 40.8 Å². The van der Waals surface area contributed by atoms with Gasteiger partial charge in [0, 0.05) is 30.6 Å². The summed E-state index contributed by atoms with van der Waals surface area (Å²) >= 11 is 1.64. The third-order valence-electron chi connectivity index (χ3n) is 6.95. The molecule has 3 aromatic rings. The molecule has 2 fully saturated rings. The number of thiazole rings is 1. The molecule has 0 spiro atoms. The van der Waals surface area contributed by atoms with Gasteiger partial charge in [0.15, 0.2) is 0 Å². The Hall–Kier alpha value is -3.06. The van der Waals surface area contributed by atoms with E-state index in [4.69, 9.17) is 4.98 Å². The molecule has 2 heterocycles. The highest BCUT2D eigenvalue weighted by atomic mass is 32.1. The summed E-state index contributed by atoms with van der Waals surface area (Å²) in [6, 6.07) is 12.6. The normalized spacial score (nSPS) is 17.9. The number of hydrogen-bond acceptors (Lipinski definition) is 4. The molecule has 5 nitrogen and oxygen atoms in total. The Balaban J connectivity index is 1.38. The number of amides is 2. The van der Waals surface area contributed by atoms with Crippen molar-refractivity contribution in [3.8, 4) is 10.4 Å². The van der Waals surface area contributed by atoms with E-state index < -0.39 is 5.82 Å². The van der Waals surface area contributed by atoms with Gasteiger partial charge in [0.1, 0.15) is 11.5 Å². The average molecular weight is 492 g/mol. The second-order valence-corrected chi connectivity index (χ2v) is 10.7. The van der Waals surface area contributed by atoms with Crippen molar-refractivity contribution >= 4 is 23.2 Å². The third-order valence-corrected chi connectivity index (χ3v) is 8.22. The molecule has 1 saturated carbocycles. The van der Waals surface area contributed by atoms with Crippen molar-refractivity contribution in [2.45, 2.75) is 57.9 Å². The van der Waals surface area contributed by atoms with Crippen molar-refractivity contribution in [1.29, 1.82) is 0 Å². The molecule has 0 radical (unpaired) electrons. The van der Waals surface area contributed by atoms with Crippen LogP contribution in [-0.2, 0) is 0 Å². The predicted molar refractivity (Wildman–Crippen MR) is 136 cm³/mol. The lowest BCUT2D eigenvalue weighted by Gasteiger charge is -2.35. The van der Waals surface area contributed by atoms with E-state index in [-0.39, 0.29) is 17.9 Å². The Morgan fingerprint density at radius 3 is 2.69 bits per heavy atom. The van der Waals surface area contributed by atoms with Crippen LogP contribution in [0.5, 0.6) is 0 Å². The Morgan fingerprint density at radius 1 is 1.11 bits per heavy atom. The maximum Gasteiger partial charge on any atom is 0.274 e. The van der Waals surface area contributed by atoms with Crippen LogP contribution >= 0.6 is 11.3 Å². The fourth-order valence-corrected chi connectivity index (χ4v) is 5.97. The Kier molecular flexibility index (Phi) is 6.69. The first-order valence-corrected chi connectivity index (χ1v) is 13.2. The first-order valence-electron chi connectivity index (χ1n) is 12.3. The van der Waals surface area contributed by atoms with Crippen molar-refractivity contribution in [3.63, 3.8) is 0 Å². The van der Waals surface area contributed by atoms with Gasteiger partial charge in [-0.1, -0.05) is 35.9 Å². The maximum atomic E-state index is 13.9. The lowest BCUT2D eigenvalue weighted by atomic mass is 10.0. The zero-order valence-corrected chi connectivity index (χ0v) is 21.0. The summed E-state index contributed by atoms with van der Waals surface area (Å²) in [4.78, 5) is 34.3. The highest BCUT2D eigenvalue weighted by Crippen LogP contribution is 2.45. The van der Waals surface area contributed by atoms with Crippen LogP contribution in [0.4, 0.5) is 4.39 Å². The quantitative estimate of drug-likeness (QED) is 0.469. The molecule has 1 aliphatic heterocycles. The van der Waals surface area contributed by atoms with Crippen LogP contribution in [0.15, 0.2) is 42.5 Å². The number of piperidine rings is 1. The number of halogens is 1. The van der Waals surface area contributed by atoms with Gasteiger partial charge in [-0.05, 0) is 69.2 Å². The van der Waals surface area contributed by atoms with Crippen molar-refractivity contribution < 1.29 is 14.0 Å². The fourth-order valence-electron chi connectivity index (χ4n) is 4.74. The number of rotatable bonds is 6. The molecule has 2 aliphatic rings. The van der Waals surface area contributed by atoms with E-state index in [1.807, 2.05) is 17.0 Å². The van der Waals surface area contributed by atoms with Crippen LogP contribution in [0.3, 0.4) is 0 Å². The van der Waals surface area contributed by atoms with Gasteiger partial charge in [-0.15, -0.1) is 11.3 Å². The lowest BCUT2D eigenvalue weighted by molar-refractivity contribution is 0.0598. The van der Waals surface area contributed by atoms with Gasteiger partial charge in [-0.25, -0.2) is 9.37 Å². The molecule has 2 amide bonds. The summed E-state index contributed by atoms with van der Waals surface area (Å²) in [5.41, 5.74) is 3.37. The Labute approximate surface area is 209 Å². The van der Waals surface area contributed by atoms with Crippen LogP contribution in [0.2, 0.25) is 0 Å². The first kappa shape index (κ1) is 23.7. The molecule has 2 aromatic carbocycles. The molecular formula is C28H30FN3O2S. The zero-order chi connectivity index (χ0) is 24.5. The van der Waals surface area contributed by atoms with E-state index in [0.717, 1.165) is 53.1 Å². The van der Waals surface area contributed by atoms with Crippen LogP contribution < -0.4 is 5.32 Å². The van der Waals surface area contributed by atoms with Gasteiger partial charge >= 0.3 is 0 Å². The van der Waals surface area contributed by atoms with Gasteiger partial charge in [0.2, 0.25) is 0 Å². The van der Waals surface area contributed by atoms with E-state index in [1.165, 1.54) is 6.07 Å². The van der Waals surface area contributed by atoms with Gasteiger partial charge < -0.3 is 10.2 Å². The largest absolute Gasteiger partial charge is 0.350 e. The van der Waals surface area contributed by atoms with Crippen LogP contribution in [0, 0.1) is 19.7 Å². The molecule has 35 heavy (non-hydrogen) atoms. The average Bonchev–Trinajstić information content (AvgIpc) is 3.62. The minimum absolute atomic E-state index is 0.0643. The number of carbonyl (C=O) groups excluding carboxylic acids is 2. The summed E-state index contributed by atoms with van der Waals surface area (Å²) in [7, 11) is 0. The topological polar surface area (TPSA) is 62.3 Å². The zero-order valence-electron chi connectivity index (χ0n) is 20.1. The molecule has 1 atom stereocenters. The molecule has 0 bridgehead atoms. The molecule has 7 heteroatoms. The summed E-state index contributed by atoms with van der Waals surface area (Å²) in [6.45, 7) is 4.63. The summed E-state index contributed by atoms with van der Waals surface area (Å²) < 4.78 is 13.9. The summed E-state index contributed by atoms with van der Waals surface area (Å²) in [5, 5.41) is 3.99. The summed E-state index contributed by atoms with van der Waals surface area (Å²) in [6.07, 6.45) is 5.00. The fraction of sp³-hybridized carbons (Fsp3) is 0.393. The van der Waals surface area contributed by atoms with Crippen LogP contribution in [0.25, 0.3) is 10.4 Å². The van der Waals surface area contributed by atoms with E-state index in [2.05, 4.69) is 24.4 Å². The van der Waals surface area contributed by atoms with Gasteiger partial charge in [-0.3, -0.25) is 9.59 Å². The van der Waals surface area contributed by atoms with Crippen molar-refractivity contribution in [2.24, 2.45) is 0 Å². The van der Waals surface area contributed by atoms with Crippen LogP contribution in [0.1, 0.15) is 75.0 Å². The number of hydrogen-bond donors (Lipinski definition) is 1. The SMILES string of the molecule is Cc1cccc(-c2sc(C3CC3)nc2C(=O)N2CCCCC2CNC(=O)c2cccc(F)c2C)c1. The maximum absolute atomic E-state index is 13.9. The van der Waals surface area contributed by atoms with Gasteiger partial charge in [-0.2, -0.15) is 0 Å². The lowest BCUT2D eigenvalue weighted by Crippen LogP contribution is -2.49. The van der Waals surface area contributed by atoms with Gasteiger partial charge in [0.25, 0.3) is 11.8 Å². The van der Waals surface area contributed by atoms with E-state index in [1.54, 1.807) is 30.4 Å². The number of aromatic nitrogens is 1. The Morgan fingerprint density at radius 2 is 1.91 bits per heavy atom.